The zero-order valence-electron chi connectivity index (χ0n) is 14.7. The normalized spacial score (nSPS) is 18.4. The zero-order valence-corrected chi connectivity index (χ0v) is 14.7. The average Bonchev–Trinajstić information content (AvgIpc) is 3.33. The number of carbonyl (C=O) groups excluding carboxylic acids is 2. The van der Waals surface area contributed by atoms with E-state index in [0.29, 0.717) is 18.7 Å². The van der Waals surface area contributed by atoms with E-state index < -0.39 is 0 Å². The number of rotatable bonds is 5. The molecule has 0 unspecified atom stereocenters. The van der Waals surface area contributed by atoms with Gasteiger partial charge in [0.1, 0.15) is 0 Å². The predicted octanol–water partition coefficient (Wildman–Crippen LogP) is 1.60. The molecule has 2 N–H and O–H groups in total. The van der Waals surface area contributed by atoms with Gasteiger partial charge in [-0.3, -0.25) is 9.59 Å². The van der Waals surface area contributed by atoms with Gasteiger partial charge in [-0.2, -0.15) is 10.2 Å². The molecule has 2 heterocycles. The van der Waals surface area contributed by atoms with E-state index in [1.54, 1.807) is 0 Å². The number of nitrogens with zero attached hydrogens (tertiary/aromatic N) is 3. The predicted molar refractivity (Wildman–Crippen MR) is 97.3 cm³/mol. The van der Waals surface area contributed by atoms with Crippen LogP contribution in [0, 0.1) is 5.92 Å². The van der Waals surface area contributed by atoms with Crippen LogP contribution < -0.4 is 10.7 Å². The van der Waals surface area contributed by atoms with Crippen LogP contribution in [0.15, 0.2) is 35.4 Å². The number of aromatic nitrogens is 2. The number of hydrogen-bond acceptors (Lipinski definition) is 4. The van der Waals surface area contributed by atoms with E-state index in [1.807, 2.05) is 41.9 Å². The van der Waals surface area contributed by atoms with Gasteiger partial charge in [-0.15, -0.1) is 0 Å². The Hall–Kier alpha value is -2.96. The molecule has 7 heteroatoms. The standard InChI is InChI=1S/C19H21N5O2/c1-12-14(18(25)22-21-12)10-11-20-19(26)17-15-8-5-9-16(15)24(23-17)13-6-3-2-4-7-13/h2-4,6-7,14H,5,8-11H2,1H3,(H,20,26)(H,22,25)/t14-/m0/s1. The summed E-state index contributed by atoms with van der Waals surface area (Å²) in [5.74, 6) is -0.542. The molecule has 0 spiro atoms. The Morgan fingerprint density at radius 2 is 2.12 bits per heavy atom. The van der Waals surface area contributed by atoms with Gasteiger partial charge >= 0.3 is 0 Å². The molecule has 134 valence electrons. The molecule has 7 nitrogen and oxygen atoms in total. The topological polar surface area (TPSA) is 88.4 Å². The molecule has 0 bridgehead atoms. The van der Waals surface area contributed by atoms with Gasteiger partial charge in [-0.05, 0) is 44.7 Å². The molecule has 26 heavy (non-hydrogen) atoms. The third kappa shape index (κ3) is 2.89. The second-order valence-electron chi connectivity index (χ2n) is 6.70. The highest BCUT2D eigenvalue weighted by atomic mass is 16.2. The molecule has 1 aromatic carbocycles. The van der Waals surface area contributed by atoms with Crippen molar-refractivity contribution in [1.29, 1.82) is 0 Å². The second-order valence-corrected chi connectivity index (χ2v) is 6.70. The van der Waals surface area contributed by atoms with Gasteiger partial charge in [0.25, 0.3) is 5.91 Å². The summed E-state index contributed by atoms with van der Waals surface area (Å²) < 4.78 is 1.89. The number of hydrogen-bond donors (Lipinski definition) is 2. The first-order chi connectivity index (χ1) is 12.6. The molecule has 0 radical (unpaired) electrons. The quantitative estimate of drug-likeness (QED) is 0.858. The fraction of sp³-hybridized carbons (Fsp3) is 0.368. The van der Waals surface area contributed by atoms with E-state index in [0.717, 1.165) is 41.9 Å². The first-order valence-electron chi connectivity index (χ1n) is 8.93. The van der Waals surface area contributed by atoms with Crippen molar-refractivity contribution in [2.75, 3.05) is 6.54 Å². The van der Waals surface area contributed by atoms with Gasteiger partial charge in [-0.25, -0.2) is 10.1 Å². The van der Waals surface area contributed by atoms with E-state index in [1.165, 1.54) is 0 Å². The lowest BCUT2D eigenvalue weighted by atomic mass is 10.0. The van der Waals surface area contributed by atoms with Crippen LogP contribution in [0.25, 0.3) is 5.69 Å². The van der Waals surface area contributed by atoms with Crippen LogP contribution in [0.1, 0.15) is 41.5 Å². The van der Waals surface area contributed by atoms with Crippen LogP contribution in [-0.2, 0) is 17.6 Å². The van der Waals surface area contributed by atoms with Gasteiger partial charge in [0.2, 0.25) is 5.91 Å². The summed E-state index contributed by atoms with van der Waals surface area (Å²) in [6, 6.07) is 9.89. The van der Waals surface area contributed by atoms with Crippen molar-refractivity contribution in [3.8, 4) is 5.69 Å². The lowest BCUT2D eigenvalue weighted by Crippen LogP contribution is -2.30. The minimum Gasteiger partial charge on any atom is -0.351 e. The van der Waals surface area contributed by atoms with Crippen LogP contribution in [0.2, 0.25) is 0 Å². The SMILES string of the molecule is CC1=NNC(=O)[C@H]1CCNC(=O)c1nn(-c2ccccc2)c2c1CCC2. The summed E-state index contributed by atoms with van der Waals surface area (Å²) in [4.78, 5) is 24.4. The molecule has 0 saturated carbocycles. The van der Waals surface area contributed by atoms with Crippen molar-refractivity contribution >= 4 is 17.5 Å². The summed E-state index contributed by atoms with van der Waals surface area (Å²) in [5, 5.41) is 11.4. The molecule has 2 aromatic rings. The van der Waals surface area contributed by atoms with Gasteiger partial charge in [0.15, 0.2) is 5.69 Å². The van der Waals surface area contributed by atoms with Crippen LogP contribution in [0.5, 0.6) is 0 Å². The number of para-hydroxylation sites is 1. The average molecular weight is 351 g/mol. The van der Waals surface area contributed by atoms with E-state index in [2.05, 4.69) is 20.9 Å². The van der Waals surface area contributed by atoms with Gasteiger partial charge in [0, 0.05) is 23.5 Å². The molecular weight excluding hydrogens is 330 g/mol. The van der Waals surface area contributed by atoms with Gasteiger partial charge in [0.05, 0.1) is 11.6 Å². The molecular formula is C19H21N5O2. The maximum absolute atomic E-state index is 12.7. The third-order valence-electron chi connectivity index (χ3n) is 5.03. The van der Waals surface area contributed by atoms with Crippen molar-refractivity contribution in [3.63, 3.8) is 0 Å². The summed E-state index contributed by atoms with van der Waals surface area (Å²) >= 11 is 0. The molecule has 4 rings (SSSR count). The van der Waals surface area contributed by atoms with Crippen molar-refractivity contribution in [2.24, 2.45) is 11.0 Å². The van der Waals surface area contributed by atoms with Gasteiger partial charge < -0.3 is 5.32 Å². The Labute approximate surface area is 151 Å². The molecule has 1 atom stereocenters. The highest BCUT2D eigenvalue weighted by Gasteiger charge is 2.28. The smallest absolute Gasteiger partial charge is 0.272 e. The molecule has 1 aliphatic carbocycles. The van der Waals surface area contributed by atoms with E-state index in [9.17, 15) is 9.59 Å². The summed E-state index contributed by atoms with van der Waals surface area (Å²) in [5.41, 5.74) is 6.87. The number of hydrazone groups is 1. The fourth-order valence-corrected chi connectivity index (χ4v) is 3.65. The molecule has 2 amide bonds. The maximum atomic E-state index is 12.7. The third-order valence-corrected chi connectivity index (χ3v) is 5.03. The lowest BCUT2D eigenvalue weighted by Gasteiger charge is -2.08. The van der Waals surface area contributed by atoms with Crippen molar-refractivity contribution in [3.05, 3.63) is 47.3 Å². The largest absolute Gasteiger partial charge is 0.351 e. The highest BCUT2D eigenvalue weighted by Crippen LogP contribution is 2.27. The number of amides is 2. The number of nitrogens with one attached hydrogen (secondary N) is 2. The number of fused-ring (bicyclic) bond motifs is 1. The van der Waals surface area contributed by atoms with E-state index in [4.69, 9.17) is 0 Å². The Kier molecular flexibility index (Phi) is 4.28. The van der Waals surface area contributed by atoms with Crippen molar-refractivity contribution in [1.82, 2.24) is 20.5 Å². The van der Waals surface area contributed by atoms with E-state index in [-0.39, 0.29) is 17.7 Å². The van der Waals surface area contributed by atoms with Crippen LogP contribution in [0.3, 0.4) is 0 Å². The number of benzene rings is 1. The molecule has 0 saturated heterocycles. The zero-order chi connectivity index (χ0) is 18.1. The summed E-state index contributed by atoms with van der Waals surface area (Å²) in [6.45, 7) is 2.23. The first kappa shape index (κ1) is 16.5. The Morgan fingerprint density at radius 1 is 1.31 bits per heavy atom. The molecule has 1 aromatic heterocycles. The Morgan fingerprint density at radius 3 is 2.85 bits per heavy atom. The monoisotopic (exact) mass is 351 g/mol. The molecule has 0 fully saturated rings. The summed E-state index contributed by atoms with van der Waals surface area (Å²) in [7, 11) is 0. The van der Waals surface area contributed by atoms with E-state index >= 15 is 0 Å². The highest BCUT2D eigenvalue weighted by molar-refractivity contribution is 6.06. The van der Waals surface area contributed by atoms with Crippen molar-refractivity contribution in [2.45, 2.75) is 32.6 Å². The van der Waals surface area contributed by atoms with Crippen LogP contribution in [0.4, 0.5) is 0 Å². The Bertz CT molecular complexity index is 885. The minimum absolute atomic E-state index is 0.106. The van der Waals surface area contributed by atoms with Crippen molar-refractivity contribution < 1.29 is 9.59 Å². The lowest BCUT2D eigenvalue weighted by molar-refractivity contribution is -0.122. The van der Waals surface area contributed by atoms with Gasteiger partial charge in [-0.1, -0.05) is 18.2 Å². The Balaban J connectivity index is 1.48. The molecule has 2 aliphatic rings. The maximum Gasteiger partial charge on any atom is 0.272 e. The molecule has 1 aliphatic heterocycles. The fourth-order valence-electron chi connectivity index (χ4n) is 3.65. The minimum atomic E-state index is -0.261. The number of carbonyl (C=O) groups is 2. The summed E-state index contributed by atoms with van der Waals surface area (Å²) in [6.07, 6.45) is 3.39. The van der Waals surface area contributed by atoms with Crippen LogP contribution in [-0.4, -0.2) is 33.9 Å². The van der Waals surface area contributed by atoms with Crippen LogP contribution >= 0.6 is 0 Å². The first-order valence-corrected chi connectivity index (χ1v) is 8.93. The second kappa shape index (κ2) is 6.74.